The summed E-state index contributed by atoms with van der Waals surface area (Å²) in [6, 6.07) is 7.50. The molecule has 1 unspecified atom stereocenters. The third-order valence-electron chi connectivity index (χ3n) is 3.13. The van der Waals surface area contributed by atoms with Crippen molar-refractivity contribution in [2.75, 3.05) is 6.54 Å². The Labute approximate surface area is 130 Å². The molecule has 2 aromatic rings. The molecule has 1 aromatic heterocycles. The van der Waals surface area contributed by atoms with Gasteiger partial charge in [-0.15, -0.1) is 11.3 Å². The van der Waals surface area contributed by atoms with Gasteiger partial charge in [0.15, 0.2) is 0 Å². The summed E-state index contributed by atoms with van der Waals surface area (Å²) in [6.07, 6.45) is -2.89. The van der Waals surface area contributed by atoms with E-state index in [1.54, 1.807) is 12.3 Å². The summed E-state index contributed by atoms with van der Waals surface area (Å²) in [4.78, 5) is 15.8. The molecular formula is C15H15F3N2OS. The largest absolute Gasteiger partial charge is 0.396 e. The number of nitrogens with one attached hydrogen (secondary N) is 1. The number of amides is 1. The monoisotopic (exact) mass is 328 g/mol. The van der Waals surface area contributed by atoms with Crippen LogP contribution in [0.2, 0.25) is 0 Å². The molecule has 2 rings (SSSR count). The molecule has 0 saturated carbocycles. The lowest BCUT2D eigenvalue weighted by molar-refractivity contribution is -0.157. The minimum absolute atomic E-state index is 0.102. The van der Waals surface area contributed by atoms with E-state index in [0.717, 1.165) is 5.01 Å². The van der Waals surface area contributed by atoms with Gasteiger partial charge in [-0.25, -0.2) is 4.98 Å². The van der Waals surface area contributed by atoms with Crippen LogP contribution >= 0.6 is 11.3 Å². The third-order valence-corrected chi connectivity index (χ3v) is 3.97. The fraction of sp³-hybridized carbons (Fsp3) is 0.333. The summed E-state index contributed by atoms with van der Waals surface area (Å²) in [7, 11) is 0. The van der Waals surface area contributed by atoms with Crippen molar-refractivity contribution in [1.29, 1.82) is 0 Å². The smallest absolute Gasteiger partial charge is 0.356 e. The van der Waals surface area contributed by atoms with E-state index in [2.05, 4.69) is 10.3 Å². The van der Waals surface area contributed by atoms with Gasteiger partial charge in [-0.3, -0.25) is 4.79 Å². The van der Waals surface area contributed by atoms with Crippen LogP contribution in [0.4, 0.5) is 13.2 Å². The SMILES string of the molecule is O=C(CC(c1ccccc1)C(F)(F)F)NCCc1nccs1. The molecule has 0 aliphatic carbocycles. The van der Waals surface area contributed by atoms with Crippen LogP contribution in [-0.2, 0) is 11.2 Å². The zero-order chi connectivity index (χ0) is 16.0. The molecule has 0 radical (unpaired) electrons. The Hall–Kier alpha value is -1.89. The van der Waals surface area contributed by atoms with Crippen molar-refractivity contribution in [2.45, 2.75) is 24.9 Å². The first-order chi connectivity index (χ1) is 10.5. The number of benzene rings is 1. The highest BCUT2D eigenvalue weighted by molar-refractivity contribution is 7.09. The normalized spacial score (nSPS) is 12.9. The number of rotatable bonds is 6. The van der Waals surface area contributed by atoms with Gasteiger partial charge in [0.2, 0.25) is 5.91 Å². The molecule has 0 bridgehead atoms. The molecule has 1 aromatic carbocycles. The predicted molar refractivity (Wildman–Crippen MR) is 78.7 cm³/mol. The van der Waals surface area contributed by atoms with E-state index >= 15 is 0 Å². The van der Waals surface area contributed by atoms with Gasteiger partial charge in [0.25, 0.3) is 0 Å². The van der Waals surface area contributed by atoms with E-state index in [0.29, 0.717) is 6.42 Å². The first-order valence-electron chi connectivity index (χ1n) is 6.73. The standard InChI is InChI=1S/C15H15F3N2OS/c16-15(17,18)12(11-4-2-1-3-5-11)10-13(21)19-7-6-14-20-8-9-22-14/h1-5,8-9,12H,6-7,10H2,(H,19,21). The number of halogens is 3. The molecule has 22 heavy (non-hydrogen) atoms. The van der Waals surface area contributed by atoms with Crippen molar-refractivity contribution in [3.05, 3.63) is 52.5 Å². The van der Waals surface area contributed by atoms with Gasteiger partial charge in [0, 0.05) is 31.0 Å². The minimum Gasteiger partial charge on any atom is -0.356 e. The fourth-order valence-electron chi connectivity index (χ4n) is 2.05. The van der Waals surface area contributed by atoms with Crippen molar-refractivity contribution < 1.29 is 18.0 Å². The number of alkyl halides is 3. The lowest BCUT2D eigenvalue weighted by Crippen LogP contribution is -2.31. The number of nitrogens with zero attached hydrogens (tertiary/aromatic N) is 1. The van der Waals surface area contributed by atoms with Gasteiger partial charge in [0.1, 0.15) is 0 Å². The topological polar surface area (TPSA) is 42.0 Å². The molecule has 0 fully saturated rings. The van der Waals surface area contributed by atoms with Crippen LogP contribution in [0.25, 0.3) is 0 Å². The summed E-state index contributed by atoms with van der Waals surface area (Å²) in [5.74, 6) is -2.39. The van der Waals surface area contributed by atoms with Crippen LogP contribution in [0.5, 0.6) is 0 Å². The second-order valence-corrected chi connectivity index (χ2v) is 5.71. The van der Waals surface area contributed by atoms with Gasteiger partial charge < -0.3 is 5.32 Å². The maximum Gasteiger partial charge on any atom is 0.396 e. The Balaban J connectivity index is 1.91. The van der Waals surface area contributed by atoms with E-state index < -0.39 is 24.4 Å². The molecule has 0 saturated heterocycles. The number of thiazole rings is 1. The van der Waals surface area contributed by atoms with E-state index in [4.69, 9.17) is 0 Å². The predicted octanol–water partition coefficient (Wildman–Crippen LogP) is 3.54. The quantitative estimate of drug-likeness (QED) is 0.881. The number of hydrogen-bond acceptors (Lipinski definition) is 3. The Morgan fingerprint density at radius 2 is 2.00 bits per heavy atom. The minimum atomic E-state index is -4.45. The molecule has 0 spiro atoms. The molecule has 7 heteroatoms. The summed E-state index contributed by atoms with van der Waals surface area (Å²) in [5, 5.41) is 5.18. The average molecular weight is 328 g/mol. The van der Waals surface area contributed by atoms with Crippen molar-refractivity contribution >= 4 is 17.2 Å². The lowest BCUT2D eigenvalue weighted by atomic mass is 9.95. The third kappa shape index (κ3) is 4.84. The molecule has 1 heterocycles. The summed E-state index contributed by atoms with van der Waals surface area (Å²) < 4.78 is 39.4. The maximum absolute atomic E-state index is 13.1. The molecule has 118 valence electrons. The van der Waals surface area contributed by atoms with Crippen LogP contribution in [-0.4, -0.2) is 23.6 Å². The zero-order valence-corrected chi connectivity index (χ0v) is 12.5. The van der Waals surface area contributed by atoms with E-state index in [1.165, 1.54) is 35.6 Å². The number of carbonyl (C=O) groups excluding carboxylic acids is 1. The molecule has 3 nitrogen and oxygen atoms in total. The van der Waals surface area contributed by atoms with Crippen LogP contribution in [0.1, 0.15) is 22.9 Å². The number of carbonyl (C=O) groups is 1. The van der Waals surface area contributed by atoms with Gasteiger partial charge in [-0.1, -0.05) is 30.3 Å². The van der Waals surface area contributed by atoms with Gasteiger partial charge in [-0.2, -0.15) is 13.2 Å². The van der Waals surface area contributed by atoms with Gasteiger partial charge in [0.05, 0.1) is 10.9 Å². The van der Waals surface area contributed by atoms with Crippen LogP contribution in [0.15, 0.2) is 41.9 Å². The molecular weight excluding hydrogens is 313 g/mol. The highest BCUT2D eigenvalue weighted by Crippen LogP contribution is 2.37. The molecule has 0 aliphatic rings. The van der Waals surface area contributed by atoms with E-state index in [9.17, 15) is 18.0 Å². The second kappa shape index (κ2) is 7.40. The molecule has 1 N–H and O–H groups in total. The van der Waals surface area contributed by atoms with Crippen molar-refractivity contribution in [3.63, 3.8) is 0 Å². The Kier molecular flexibility index (Phi) is 5.54. The van der Waals surface area contributed by atoms with Crippen molar-refractivity contribution in [1.82, 2.24) is 10.3 Å². The van der Waals surface area contributed by atoms with Gasteiger partial charge >= 0.3 is 6.18 Å². The summed E-state index contributed by atoms with van der Waals surface area (Å²) >= 11 is 1.45. The zero-order valence-electron chi connectivity index (χ0n) is 11.6. The first kappa shape index (κ1) is 16.5. The van der Waals surface area contributed by atoms with Crippen LogP contribution in [0.3, 0.4) is 0 Å². The fourth-order valence-corrected chi connectivity index (χ4v) is 2.67. The molecule has 1 amide bonds. The van der Waals surface area contributed by atoms with Crippen LogP contribution in [0, 0.1) is 0 Å². The van der Waals surface area contributed by atoms with Crippen molar-refractivity contribution in [2.24, 2.45) is 0 Å². The highest BCUT2D eigenvalue weighted by Gasteiger charge is 2.41. The average Bonchev–Trinajstić information content (AvgIpc) is 2.98. The van der Waals surface area contributed by atoms with Crippen LogP contribution < -0.4 is 5.32 Å². The van der Waals surface area contributed by atoms with E-state index in [-0.39, 0.29) is 12.1 Å². The Bertz CT molecular complexity index is 585. The Morgan fingerprint density at radius 1 is 1.27 bits per heavy atom. The number of aromatic nitrogens is 1. The summed E-state index contributed by atoms with van der Waals surface area (Å²) in [6.45, 7) is 0.283. The van der Waals surface area contributed by atoms with Crippen molar-refractivity contribution in [3.8, 4) is 0 Å². The molecule has 1 atom stereocenters. The summed E-state index contributed by atoms with van der Waals surface area (Å²) in [5.41, 5.74) is 0.102. The maximum atomic E-state index is 13.1. The van der Waals surface area contributed by atoms with Gasteiger partial charge in [-0.05, 0) is 5.56 Å². The number of hydrogen-bond donors (Lipinski definition) is 1. The lowest BCUT2D eigenvalue weighted by Gasteiger charge is -2.20. The second-order valence-electron chi connectivity index (χ2n) is 4.73. The molecule has 0 aliphatic heterocycles. The first-order valence-corrected chi connectivity index (χ1v) is 7.61. The van der Waals surface area contributed by atoms with E-state index in [1.807, 2.05) is 5.38 Å². The Morgan fingerprint density at radius 3 is 2.59 bits per heavy atom. The highest BCUT2D eigenvalue weighted by atomic mass is 32.1.